The Bertz CT molecular complexity index is 1900. The normalized spacial score (nSPS) is 25.9. The molecule has 1 fully saturated rings. The molecule has 4 aromatic carbocycles. The Labute approximate surface area is 266 Å². The van der Waals surface area contributed by atoms with E-state index in [-0.39, 0.29) is 41.8 Å². The van der Waals surface area contributed by atoms with Gasteiger partial charge >= 0.3 is 0 Å². The van der Waals surface area contributed by atoms with Crippen molar-refractivity contribution in [3.63, 3.8) is 0 Å². The maximum Gasteiger partial charge on any atom is 0.238 e. The molecule has 1 aliphatic rings. The van der Waals surface area contributed by atoms with E-state index in [1.165, 1.54) is 37.3 Å². The zero-order chi connectivity index (χ0) is 31.0. The number of halogens is 6. The molecule has 9 nitrogen and oxygen atoms in total. The Balaban J connectivity index is 0.000000271. The molecule has 0 bridgehead atoms. The second-order valence-electron chi connectivity index (χ2n) is 9.40. The molecule has 0 radical (unpaired) electrons. The van der Waals surface area contributed by atoms with Crippen LogP contribution in [0, 0.1) is 6.92 Å². The number of alkyl halides is 6. The Hall–Kier alpha value is -0.610. The van der Waals surface area contributed by atoms with Crippen LogP contribution in [0.15, 0.2) is 51.1 Å². The van der Waals surface area contributed by atoms with Crippen molar-refractivity contribution < 1.29 is 25.3 Å². The third-order valence-corrected chi connectivity index (χ3v) is 13.9. The molecule has 0 aromatic heterocycles. The topological polar surface area (TPSA) is 180 Å². The van der Waals surface area contributed by atoms with Gasteiger partial charge in [0.2, 0.25) is 30.1 Å². The van der Waals surface area contributed by atoms with Gasteiger partial charge < -0.3 is 0 Å². The predicted octanol–water partition coefficient (Wildman–Crippen LogP) is 4.48. The van der Waals surface area contributed by atoms with E-state index in [9.17, 15) is 25.3 Å². The Morgan fingerprint density at radius 1 is 0.512 bits per heavy atom. The van der Waals surface area contributed by atoms with Crippen molar-refractivity contribution >= 4 is 132 Å². The summed E-state index contributed by atoms with van der Waals surface area (Å²) in [6.07, 6.45) is 0. The summed E-state index contributed by atoms with van der Waals surface area (Å²) >= 11 is 35.3. The summed E-state index contributed by atoms with van der Waals surface area (Å²) in [5.41, 5.74) is -0.104. The summed E-state index contributed by atoms with van der Waals surface area (Å²) in [4.78, 5) is -0.942. The number of nitrogens with two attached hydrogens (primary N) is 3. The maximum absolute atomic E-state index is 12.3. The van der Waals surface area contributed by atoms with Crippen molar-refractivity contribution in [1.29, 1.82) is 0 Å². The smallest absolute Gasteiger partial charge is 0.225 e. The van der Waals surface area contributed by atoms with E-state index in [1.54, 1.807) is 6.07 Å². The maximum atomic E-state index is 12.3. The molecule has 6 N–H and O–H groups in total. The molecule has 0 atom stereocenters. The number of hydrogen-bond donors (Lipinski definition) is 3. The van der Waals surface area contributed by atoms with E-state index in [0.717, 1.165) is 0 Å². The van der Waals surface area contributed by atoms with Gasteiger partial charge in [-0.2, -0.15) is 0 Å². The number of primary sulfonamides is 3. The molecule has 0 heterocycles. The van der Waals surface area contributed by atoms with Crippen molar-refractivity contribution in [3.8, 4) is 0 Å². The van der Waals surface area contributed by atoms with Gasteiger partial charge in [-0.1, -0.05) is 30.3 Å². The summed E-state index contributed by atoms with van der Waals surface area (Å²) in [5.74, 6) is 0. The molecule has 224 valence electrons. The van der Waals surface area contributed by atoms with Crippen LogP contribution in [0.3, 0.4) is 0 Å². The summed E-state index contributed by atoms with van der Waals surface area (Å²) in [6, 6.07) is 8.76. The van der Waals surface area contributed by atoms with E-state index in [0.29, 0.717) is 10.8 Å². The lowest BCUT2D eigenvalue weighted by molar-refractivity contribution is 0.544. The first-order valence-corrected chi connectivity index (χ1v) is 18.6. The Kier molecular flexibility index (Phi) is 9.25. The highest BCUT2D eigenvalue weighted by atomic mass is 35.5. The lowest BCUT2D eigenvalue weighted by Crippen LogP contribution is -2.52. The van der Waals surface area contributed by atoms with Gasteiger partial charge in [-0.25, -0.2) is 40.7 Å². The summed E-state index contributed by atoms with van der Waals surface area (Å²) in [7, 11) is -12.8. The Morgan fingerprint density at radius 3 is 1.22 bits per heavy atom. The minimum atomic E-state index is -4.34. The van der Waals surface area contributed by atoms with Crippen molar-refractivity contribution in [2.75, 3.05) is 0 Å². The van der Waals surface area contributed by atoms with Gasteiger partial charge in [-0.15, -0.1) is 69.6 Å². The summed E-state index contributed by atoms with van der Waals surface area (Å²) in [5, 5.41) is 15.2. The molecule has 0 spiro atoms. The number of sulfonamides is 3. The molecule has 1 aliphatic carbocycles. The van der Waals surface area contributed by atoms with Gasteiger partial charge in [0, 0.05) is 21.5 Å². The van der Waals surface area contributed by atoms with Crippen LogP contribution in [0.5, 0.6) is 0 Å². The molecular formula is C23H21Cl6N3O6S3. The third kappa shape index (κ3) is 5.93. The van der Waals surface area contributed by atoms with E-state index >= 15 is 0 Å². The van der Waals surface area contributed by atoms with Crippen molar-refractivity contribution in [3.05, 3.63) is 42.0 Å². The number of rotatable bonds is 3. The van der Waals surface area contributed by atoms with Gasteiger partial charge in [0.05, 0.1) is 46.9 Å². The highest BCUT2D eigenvalue weighted by Gasteiger charge is 2.47. The van der Waals surface area contributed by atoms with Gasteiger partial charge in [0.1, 0.15) is 0 Å². The molecule has 0 saturated heterocycles. The van der Waals surface area contributed by atoms with Crippen LogP contribution in [0.1, 0.15) is 5.56 Å². The zero-order valence-corrected chi connectivity index (χ0v) is 27.6. The standard InChI is InChI=1S/C17H15N3O6S3.C6H6Cl6/c1-8-16(28(19,23)24)11-4-2-9-3-7-13(27(18,21)22)10-5-6-12(15(11)14(9)10)17(8)29(20,25)26;7-1-2(8)4(10)6(12)5(11)3(1)9/h2-7H,1H3,(H2,18,21,22)(H2,19,23,24)(H2,20,25,26);1-6H/t;1-,2-,3-,4+,5+,6+. The average Bonchev–Trinajstić information content (AvgIpc) is 2.85. The van der Waals surface area contributed by atoms with Gasteiger partial charge in [0.15, 0.2) is 0 Å². The first kappa shape index (κ1) is 33.3. The van der Waals surface area contributed by atoms with Gasteiger partial charge in [-0.05, 0) is 29.3 Å². The quantitative estimate of drug-likeness (QED) is 0.206. The van der Waals surface area contributed by atoms with Crippen LogP contribution in [-0.2, 0) is 30.1 Å². The van der Waals surface area contributed by atoms with Crippen molar-refractivity contribution in [2.24, 2.45) is 15.4 Å². The fraction of sp³-hybridized carbons (Fsp3) is 0.304. The van der Waals surface area contributed by atoms with Crippen molar-refractivity contribution in [2.45, 2.75) is 53.9 Å². The van der Waals surface area contributed by atoms with Crippen LogP contribution < -0.4 is 15.4 Å². The first-order valence-electron chi connectivity index (χ1n) is 11.4. The summed E-state index contributed by atoms with van der Waals surface area (Å²) in [6.45, 7) is 1.31. The van der Waals surface area contributed by atoms with Gasteiger partial charge in [-0.3, -0.25) is 0 Å². The van der Waals surface area contributed by atoms with Crippen molar-refractivity contribution in [1.82, 2.24) is 0 Å². The molecule has 18 heteroatoms. The largest absolute Gasteiger partial charge is 0.238 e. The van der Waals surface area contributed by atoms with E-state index < -0.39 is 62.3 Å². The molecular weight excluding hydrogens is 723 g/mol. The second-order valence-corrected chi connectivity index (χ2v) is 16.9. The monoisotopic (exact) mass is 741 g/mol. The fourth-order valence-electron chi connectivity index (χ4n) is 5.04. The fourth-order valence-corrected chi connectivity index (χ4v) is 10.2. The molecule has 0 aliphatic heterocycles. The van der Waals surface area contributed by atoms with Crippen LogP contribution in [0.4, 0.5) is 0 Å². The van der Waals surface area contributed by atoms with Gasteiger partial charge in [0.25, 0.3) is 0 Å². The average molecular weight is 744 g/mol. The molecule has 4 aromatic rings. The minimum absolute atomic E-state index is 0.104. The molecule has 1 saturated carbocycles. The molecule has 41 heavy (non-hydrogen) atoms. The molecule has 5 rings (SSSR count). The zero-order valence-electron chi connectivity index (χ0n) is 20.6. The summed E-state index contributed by atoms with van der Waals surface area (Å²) < 4.78 is 73.4. The SMILES string of the molecule is Cc1c(S(N)(=O)=O)c2ccc3ccc(S(N)(=O)=O)c4ccc(c1S(N)(=O)=O)c2c34.Cl[C@H]1[C@H](Cl)[C@@H](Cl)[C@@H](Cl)[C@H](Cl)[C@H]1Cl. The van der Waals surface area contributed by atoms with Crippen LogP contribution in [-0.4, -0.2) is 57.5 Å². The first-order chi connectivity index (χ1) is 18.7. The number of benzene rings is 4. The highest BCUT2D eigenvalue weighted by Crippen LogP contribution is 2.43. The highest BCUT2D eigenvalue weighted by molar-refractivity contribution is 7.90. The van der Waals surface area contributed by atoms with Crippen LogP contribution in [0.25, 0.3) is 32.3 Å². The minimum Gasteiger partial charge on any atom is -0.225 e. The van der Waals surface area contributed by atoms with E-state index in [2.05, 4.69) is 0 Å². The Morgan fingerprint density at radius 2 is 0.854 bits per heavy atom. The lowest BCUT2D eigenvalue weighted by atomic mass is 9.93. The van der Waals surface area contributed by atoms with Crippen LogP contribution in [0.2, 0.25) is 0 Å². The number of hydrogen-bond acceptors (Lipinski definition) is 6. The second kappa shape index (κ2) is 11.4. The third-order valence-electron chi connectivity index (χ3n) is 6.74. The van der Waals surface area contributed by atoms with E-state index in [1.807, 2.05) is 0 Å². The van der Waals surface area contributed by atoms with E-state index in [4.69, 9.17) is 85.0 Å². The molecule has 0 unspecified atom stereocenters. The lowest BCUT2D eigenvalue weighted by Gasteiger charge is -2.37. The van der Waals surface area contributed by atoms with Crippen LogP contribution >= 0.6 is 69.6 Å². The molecule has 0 amide bonds. The predicted molar refractivity (Wildman–Crippen MR) is 167 cm³/mol.